The van der Waals surface area contributed by atoms with Crippen LogP contribution in [0.3, 0.4) is 0 Å². The summed E-state index contributed by atoms with van der Waals surface area (Å²) in [6.45, 7) is 3.55. The van der Waals surface area contributed by atoms with Crippen LogP contribution in [0.25, 0.3) is 0 Å². The number of nitro groups is 1. The fourth-order valence-electron chi connectivity index (χ4n) is 1.86. The van der Waals surface area contributed by atoms with Crippen LogP contribution in [0.15, 0.2) is 18.2 Å². The van der Waals surface area contributed by atoms with E-state index >= 15 is 0 Å². The molecule has 1 aromatic rings. The molecule has 0 bridgehead atoms. The highest BCUT2D eigenvalue weighted by Crippen LogP contribution is 2.19. The van der Waals surface area contributed by atoms with Crippen LogP contribution in [0.5, 0.6) is 0 Å². The predicted molar refractivity (Wildman–Crippen MR) is 70.8 cm³/mol. The molecular weight excluding hydrogens is 267 g/mol. The van der Waals surface area contributed by atoms with E-state index in [9.17, 15) is 24.4 Å². The van der Waals surface area contributed by atoms with Gasteiger partial charge in [0.15, 0.2) is 0 Å². The number of carbonyl (C=O) groups is 1. The van der Waals surface area contributed by atoms with Crippen molar-refractivity contribution in [2.24, 2.45) is 5.92 Å². The van der Waals surface area contributed by atoms with Crippen LogP contribution in [0.2, 0.25) is 0 Å². The Hall–Kier alpha value is -2.02. The normalized spacial score (nSPS) is 12.2. The molecule has 0 saturated heterocycles. The van der Waals surface area contributed by atoms with E-state index in [1.165, 1.54) is 0 Å². The van der Waals surface area contributed by atoms with Crippen molar-refractivity contribution in [3.8, 4) is 0 Å². The topological polar surface area (TPSA) is 92.5 Å². The number of benzene rings is 1. The molecule has 0 aliphatic rings. The maximum atomic E-state index is 13.1. The Balaban J connectivity index is 2.96. The number of nitro benzene ring substituents is 1. The summed E-state index contributed by atoms with van der Waals surface area (Å²) in [6.07, 6.45) is 0.519. The van der Waals surface area contributed by atoms with Crippen LogP contribution in [-0.2, 0) is 0 Å². The molecule has 1 amide bonds. The van der Waals surface area contributed by atoms with E-state index in [0.29, 0.717) is 6.42 Å². The van der Waals surface area contributed by atoms with Crippen molar-refractivity contribution in [2.75, 3.05) is 6.61 Å². The number of aliphatic hydroxyl groups excluding tert-OH is 1. The van der Waals surface area contributed by atoms with E-state index in [2.05, 4.69) is 5.32 Å². The average molecular weight is 284 g/mol. The number of rotatable bonds is 6. The summed E-state index contributed by atoms with van der Waals surface area (Å²) in [5.41, 5.74) is -0.817. The lowest BCUT2D eigenvalue weighted by Crippen LogP contribution is -2.38. The second-order valence-corrected chi connectivity index (χ2v) is 4.90. The van der Waals surface area contributed by atoms with E-state index in [-0.39, 0.29) is 18.1 Å². The van der Waals surface area contributed by atoms with Crippen LogP contribution >= 0.6 is 0 Å². The Morgan fingerprint density at radius 2 is 2.15 bits per heavy atom. The number of halogens is 1. The van der Waals surface area contributed by atoms with Crippen LogP contribution in [0.1, 0.15) is 30.6 Å². The lowest BCUT2D eigenvalue weighted by molar-refractivity contribution is -0.385. The molecule has 20 heavy (non-hydrogen) atoms. The highest BCUT2D eigenvalue weighted by molar-refractivity contribution is 5.98. The van der Waals surface area contributed by atoms with Gasteiger partial charge in [0.1, 0.15) is 11.4 Å². The molecule has 0 fully saturated rings. The largest absolute Gasteiger partial charge is 0.394 e. The number of nitrogens with zero attached hydrogens (tertiary/aromatic N) is 1. The standard InChI is InChI=1S/C13H17FN2O4/c1-8(2)5-10(7-17)15-13(18)11-6-9(14)3-4-12(11)16(19)20/h3-4,6,8,10,17H,5,7H2,1-2H3,(H,15,18). The lowest BCUT2D eigenvalue weighted by Gasteiger charge is -2.18. The molecule has 1 atom stereocenters. The molecule has 0 aliphatic heterocycles. The lowest BCUT2D eigenvalue weighted by atomic mass is 10.0. The summed E-state index contributed by atoms with van der Waals surface area (Å²) in [4.78, 5) is 22.1. The molecule has 6 nitrogen and oxygen atoms in total. The van der Waals surface area contributed by atoms with Gasteiger partial charge in [-0.1, -0.05) is 13.8 Å². The molecule has 1 unspecified atom stereocenters. The Kier molecular flexibility index (Phi) is 5.57. The highest BCUT2D eigenvalue weighted by atomic mass is 19.1. The maximum absolute atomic E-state index is 13.1. The molecular formula is C13H17FN2O4. The number of amides is 1. The second kappa shape index (κ2) is 6.95. The van der Waals surface area contributed by atoms with Gasteiger partial charge in [0.25, 0.3) is 11.6 Å². The van der Waals surface area contributed by atoms with E-state index < -0.39 is 28.4 Å². The Morgan fingerprint density at radius 3 is 2.65 bits per heavy atom. The monoisotopic (exact) mass is 284 g/mol. The zero-order chi connectivity index (χ0) is 15.3. The van der Waals surface area contributed by atoms with E-state index in [4.69, 9.17) is 0 Å². The minimum atomic E-state index is -0.768. The Labute approximate surface area is 115 Å². The first kappa shape index (κ1) is 16.0. The zero-order valence-electron chi connectivity index (χ0n) is 11.3. The molecule has 1 aromatic carbocycles. The van der Waals surface area contributed by atoms with Crippen LogP contribution in [-0.4, -0.2) is 28.6 Å². The van der Waals surface area contributed by atoms with Crippen LogP contribution < -0.4 is 5.32 Å². The Morgan fingerprint density at radius 1 is 1.50 bits per heavy atom. The van der Waals surface area contributed by atoms with Gasteiger partial charge in [-0.05, 0) is 24.5 Å². The minimum absolute atomic E-state index is 0.231. The third kappa shape index (κ3) is 4.27. The molecule has 0 radical (unpaired) electrons. The van der Waals surface area contributed by atoms with E-state index in [1.54, 1.807) is 0 Å². The molecule has 0 aromatic heterocycles. The van der Waals surface area contributed by atoms with Gasteiger partial charge in [-0.25, -0.2) is 4.39 Å². The molecule has 7 heteroatoms. The van der Waals surface area contributed by atoms with Gasteiger partial charge in [0.2, 0.25) is 0 Å². The predicted octanol–water partition coefficient (Wildman–Crippen LogP) is 1.87. The van der Waals surface area contributed by atoms with Crippen molar-refractivity contribution >= 4 is 11.6 Å². The zero-order valence-corrected chi connectivity index (χ0v) is 11.3. The summed E-state index contributed by atoms with van der Waals surface area (Å²) in [6, 6.07) is 2.16. The molecule has 0 heterocycles. The maximum Gasteiger partial charge on any atom is 0.282 e. The first-order valence-electron chi connectivity index (χ1n) is 6.20. The summed E-state index contributed by atoms with van der Waals surface area (Å²) in [5.74, 6) is -1.27. The van der Waals surface area contributed by atoms with Gasteiger partial charge in [-0.3, -0.25) is 14.9 Å². The summed E-state index contributed by atoms with van der Waals surface area (Å²) >= 11 is 0. The summed E-state index contributed by atoms with van der Waals surface area (Å²) in [7, 11) is 0. The molecule has 2 N–H and O–H groups in total. The number of nitrogens with one attached hydrogen (secondary N) is 1. The molecule has 0 aliphatic carbocycles. The van der Waals surface area contributed by atoms with Crippen LogP contribution in [0.4, 0.5) is 10.1 Å². The number of carbonyl (C=O) groups excluding carboxylic acids is 1. The number of hydrogen-bond acceptors (Lipinski definition) is 4. The summed E-state index contributed by atoms with van der Waals surface area (Å²) in [5, 5.41) is 22.5. The summed E-state index contributed by atoms with van der Waals surface area (Å²) < 4.78 is 13.1. The highest BCUT2D eigenvalue weighted by Gasteiger charge is 2.23. The van der Waals surface area contributed by atoms with Crippen molar-refractivity contribution in [2.45, 2.75) is 26.3 Å². The minimum Gasteiger partial charge on any atom is -0.394 e. The smallest absolute Gasteiger partial charge is 0.282 e. The SMILES string of the molecule is CC(C)CC(CO)NC(=O)c1cc(F)ccc1[N+](=O)[O-]. The molecule has 110 valence electrons. The third-order valence-corrected chi connectivity index (χ3v) is 2.71. The first-order chi connectivity index (χ1) is 9.35. The van der Waals surface area contributed by atoms with Gasteiger partial charge in [-0.15, -0.1) is 0 Å². The molecule has 0 spiro atoms. The van der Waals surface area contributed by atoms with Gasteiger partial charge >= 0.3 is 0 Å². The second-order valence-electron chi connectivity index (χ2n) is 4.90. The fraction of sp³-hybridized carbons (Fsp3) is 0.462. The quantitative estimate of drug-likeness (QED) is 0.616. The van der Waals surface area contributed by atoms with Crippen molar-refractivity contribution in [1.29, 1.82) is 0 Å². The number of hydrogen-bond donors (Lipinski definition) is 2. The van der Waals surface area contributed by atoms with Crippen molar-refractivity contribution < 1.29 is 19.2 Å². The van der Waals surface area contributed by atoms with Gasteiger partial charge in [0.05, 0.1) is 17.6 Å². The fourth-order valence-corrected chi connectivity index (χ4v) is 1.86. The van der Waals surface area contributed by atoms with E-state index in [1.807, 2.05) is 13.8 Å². The van der Waals surface area contributed by atoms with Crippen LogP contribution in [0, 0.1) is 21.8 Å². The first-order valence-corrected chi connectivity index (χ1v) is 6.20. The van der Waals surface area contributed by atoms with Gasteiger partial charge in [-0.2, -0.15) is 0 Å². The van der Waals surface area contributed by atoms with E-state index in [0.717, 1.165) is 18.2 Å². The average Bonchev–Trinajstić information content (AvgIpc) is 2.36. The third-order valence-electron chi connectivity index (χ3n) is 2.71. The van der Waals surface area contributed by atoms with Crippen molar-refractivity contribution in [3.63, 3.8) is 0 Å². The van der Waals surface area contributed by atoms with Gasteiger partial charge in [0, 0.05) is 6.07 Å². The molecule has 0 saturated carbocycles. The van der Waals surface area contributed by atoms with Crippen molar-refractivity contribution in [1.82, 2.24) is 5.32 Å². The molecule has 1 rings (SSSR count). The Bertz CT molecular complexity index is 505. The number of aliphatic hydroxyl groups is 1. The van der Waals surface area contributed by atoms with Crippen molar-refractivity contribution in [3.05, 3.63) is 39.7 Å². The van der Waals surface area contributed by atoms with Gasteiger partial charge < -0.3 is 10.4 Å².